The van der Waals surface area contributed by atoms with Crippen LogP contribution in [-0.2, 0) is 24.8 Å². The number of aryl methyl sites for hydroxylation is 3. The maximum atomic E-state index is 12.7. The first-order chi connectivity index (χ1) is 14.3. The average Bonchev–Trinajstić information content (AvgIpc) is 3.25. The van der Waals surface area contributed by atoms with Crippen LogP contribution in [-0.4, -0.2) is 33.3 Å². The van der Waals surface area contributed by atoms with E-state index in [1.807, 2.05) is 38.1 Å². The molecule has 1 aromatic carbocycles. The molecule has 6 nitrogen and oxygen atoms in total. The molecular weight excluding hydrogens is 380 g/mol. The van der Waals surface area contributed by atoms with Crippen molar-refractivity contribution in [2.45, 2.75) is 33.7 Å². The molecule has 0 N–H and O–H groups in total. The fraction of sp³-hybridized carbons (Fsp3) is 0.292. The quantitative estimate of drug-likeness (QED) is 0.420. The summed E-state index contributed by atoms with van der Waals surface area (Å²) in [5, 5.41) is 0. The Labute approximate surface area is 176 Å². The van der Waals surface area contributed by atoms with Gasteiger partial charge in [0.2, 0.25) is 5.78 Å². The van der Waals surface area contributed by atoms with E-state index in [0.29, 0.717) is 11.1 Å². The Hall–Kier alpha value is -3.41. The number of aromatic nitrogens is 2. The van der Waals surface area contributed by atoms with E-state index in [4.69, 9.17) is 4.74 Å². The van der Waals surface area contributed by atoms with Crippen molar-refractivity contribution in [2.75, 3.05) is 6.61 Å². The molecule has 156 valence electrons. The van der Waals surface area contributed by atoms with Crippen LogP contribution in [0.2, 0.25) is 0 Å². The molecule has 0 spiro atoms. The van der Waals surface area contributed by atoms with Crippen LogP contribution in [0.5, 0.6) is 0 Å². The highest BCUT2D eigenvalue weighted by atomic mass is 16.5. The van der Waals surface area contributed by atoms with Gasteiger partial charge in [-0.3, -0.25) is 9.59 Å². The molecule has 0 radical (unpaired) electrons. The summed E-state index contributed by atoms with van der Waals surface area (Å²) in [6.07, 6.45) is 2.44. The molecule has 0 unspecified atom stereocenters. The van der Waals surface area contributed by atoms with Crippen LogP contribution in [0.1, 0.15) is 55.1 Å². The van der Waals surface area contributed by atoms with Crippen molar-refractivity contribution < 1.29 is 19.1 Å². The second-order valence-corrected chi connectivity index (χ2v) is 7.45. The molecule has 0 aliphatic rings. The van der Waals surface area contributed by atoms with Gasteiger partial charge in [-0.1, -0.05) is 30.3 Å². The molecule has 0 aliphatic heterocycles. The van der Waals surface area contributed by atoms with Crippen LogP contribution < -0.4 is 0 Å². The standard InChI is InChI=1S/C24H26N2O4/c1-16-12-21(17(2)26(16)11-10-19-8-6-5-7-9-19)23(28)15-30-24(29)22-13-20(18(3)27)14-25(22)4/h5-9,12-14H,10-11,15H2,1-4H3. The summed E-state index contributed by atoms with van der Waals surface area (Å²) in [6, 6.07) is 13.5. The minimum absolute atomic E-state index is 0.135. The second kappa shape index (κ2) is 8.95. The number of esters is 1. The lowest BCUT2D eigenvalue weighted by molar-refractivity contribution is 0.0465. The predicted molar refractivity (Wildman–Crippen MR) is 114 cm³/mol. The number of carbonyl (C=O) groups excluding carboxylic acids is 3. The van der Waals surface area contributed by atoms with Gasteiger partial charge < -0.3 is 13.9 Å². The maximum absolute atomic E-state index is 12.7. The smallest absolute Gasteiger partial charge is 0.355 e. The number of benzene rings is 1. The highest BCUT2D eigenvalue weighted by molar-refractivity contribution is 6.01. The van der Waals surface area contributed by atoms with Gasteiger partial charge in [0, 0.05) is 42.3 Å². The number of rotatable bonds is 8. The normalized spacial score (nSPS) is 10.8. The Morgan fingerprint density at radius 1 is 1.03 bits per heavy atom. The van der Waals surface area contributed by atoms with Crippen LogP contribution in [0.4, 0.5) is 0 Å². The van der Waals surface area contributed by atoms with Crippen molar-refractivity contribution in [1.29, 1.82) is 0 Å². The van der Waals surface area contributed by atoms with Crippen molar-refractivity contribution >= 4 is 17.5 Å². The molecule has 0 amide bonds. The number of Topliss-reactive ketones (excluding diaryl/α,β-unsaturated/α-hetero) is 2. The third-order valence-electron chi connectivity index (χ3n) is 5.30. The van der Waals surface area contributed by atoms with Crippen LogP contribution in [0.25, 0.3) is 0 Å². The molecule has 0 fully saturated rings. The Bertz CT molecular complexity index is 1090. The van der Waals surface area contributed by atoms with Gasteiger partial charge >= 0.3 is 5.97 Å². The molecule has 3 aromatic rings. The second-order valence-electron chi connectivity index (χ2n) is 7.45. The van der Waals surface area contributed by atoms with Crippen molar-refractivity contribution in [3.63, 3.8) is 0 Å². The highest BCUT2D eigenvalue weighted by Gasteiger charge is 2.20. The molecule has 6 heteroatoms. The van der Waals surface area contributed by atoms with E-state index in [9.17, 15) is 14.4 Å². The van der Waals surface area contributed by atoms with Gasteiger partial charge in [-0.15, -0.1) is 0 Å². The number of carbonyl (C=O) groups is 3. The van der Waals surface area contributed by atoms with E-state index in [1.54, 1.807) is 13.2 Å². The number of nitrogens with zero attached hydrogens (tertiary/aromatic N) is 2. The topological polar surface area (TPSA) is 70.3 Å². The first-order valence-corrected chi connectivity index (χ1v) is 9.86. The largest absolute Gasteiger partial charge is 0.453 e. The summed E-state index contributed by atoms with van der Waals surface area (Å²) >= 11 is 0. The fourth-order valence-electron chi connectivity index (χ4n) is 3.56. The van der Waals surface area contributed by atoms with E-state index in [1.165, 1.54) is 23.1 Å². The molecular formula is C24H26N2O4. The Kier molecular flexibility index (Phi) is 6.35. The number of hydrogen-bond acceptors (Lipinski definition) is 4. The van der Waals surface area contributed by atoms with E-state index in [2.05, 4.69) is 16.7 Å². The fourth-order valence-corrected chi connectivity index (χ4v) is 3.56. The van der Waals surface area contributed by atoms with Gasteiger partial charge in [0.1, 0.15) is 5.69 Å². The van der Waals surface area contributed by atoms with E-state index in [-0.39, 0.29) is 23.9 Å². The van der Waals surface area contributed by atoms with E-state index < -0.39 is 5.97 Å². The van der Waals surface area contributed by atoms with Gasteiger partial charge in [0.25, 0.3) is 0 Å². The molecule has 0 saturated heterocycles. The minimum atomic E-state index is -0.628. The minimum Gasteiger partial charge on any atom is -0.453 e. The highest BCUT2D eigenvalue weighted by Crippen LogP contribution is 2.18. The summed E-state index contributed by atoms with van der Waals surface area (Å²) in [4.78, 5) is 36.5. The first-order valence-electron chi connectivity index (χ1n) is 9.86. The number of hydrogen-bond donors (Lipinski definition) is 0. The number of ketones is 2. The Morgan fingerprint density at radius 2 is 1.73 bits per heavy atom. The van der Waals surface area contributed by atoms with Crippen molar-refractivity contribution in [3.05, 3.63) is 82.4 Å². The summed E-state index contributed by atoms with van der Waals surface area (Å²) < 4.78 is 8.86. The molecule has 2 heterocycles. The zero-order valence-corrected chi connectivity index (χ0v) is 17.8. The third kappa shape index (κ3) is 4.59. The van der Waals surface area contributed by atoms with Crippen LogP contribution in [0, 0.1) is 13.8 Å². The molecule has 0 atom stereocenters. The lowest BCUT2D eigenvalue weighted by atomic mass is 10.1. The Balaban J connectivity index is 1.65. The first kappa shape index (κ1) is 21.3. The van der Waals surface area contributed by atoms with E-state index >= 15 is 0 Å². The van der Waals surface area contributed by atoms with Crippen molar-refractivity contribution in [2.24, 2.45) is 7.05 Å². The number of ether oxygens (including phenoxy) is 1. The van der Waals surface area contributed by atoms with Crippen molar-refractivity contribution in [3.8, 4) is 0 Å². The van der Waals surface area contributed by atoms with Crippen LogP contribution >= 0.6 is 0 Å². The maximum Gasteiger partial charge on any atom is 0.355 e. The van der Waals surface area contributed by atoms with Crippen LogP contribution in [0.3, 0.4) is 0 Å². The van der Waals surface area contributed by atoms with Gasteiger partial charge in [-0.25, -0.2) is 4.79 Å². The van der Waals surface area contributed by atoms with Gasteiger partial charge in [0.15, 0.2) is 12.4 Å². The van der Waals surface area contributed by atoms with Gasteiger partial charge in [-0.05, 0) is 44.9 Å². The lowest BCUT2D eigenvalue weighted by Crippen LogP contribution is -2.17. The zero-order chi connectivity index (χ0) is 21.8. The summed E-state index contributed by atoms with van der Waals surface area (Å²) in [7, 11) is 1.66. The Morgan fingerprint density at radius 3 is 2.37 bits per heavy atom. The molecule has 2 aromatic heterocycles. The lowest BCUT2D eigenvalue weighted by Gasteiger charge is -2.10. The molecule has 0 saturated carbocycles. The SMILES string of the molecule is CC(=O)c1cc(C(=O)OCC(=O)c2cc(C)n(CCc3ccccc3)c2C)n(C)c1. The van der Waals surface area contributed by atoms with Crippen LogP contribution in [0.15, 0.2) is 48.7 Å². The van der Waals surface area contributed by atoms with E-state index in [0.717, 1.165) is 24.4 Å². The van der Waals surface area contributed by atoms with Gasteiger partial charge in [0.05, 0.1) is 0 Å². The molecule has 30 heavy (non-hydrogen) atoms. The predicted octanol–water partition coefficient (Wildman–Crippen LogP) is 3.93. The van der Waals surface area contributed by atoms with Crippen molar-refractivity contribution in [1.82, 2.24) is 9.13 Å². The molecule has 3 rings (SSSR count). The zero-order valence-electron chi connectivity index (χ0n) is 17.8. The third-order valence-corrected chi connectivity index (χ3v) is 5.30. The summed E-state index contributed by atoms with van der Waals surface area (Å²) in [5.74, 6) is -1.01. The summed E-state index contributed by atoms with van der Waals surface area (Å²) in [5.41, 5.74) is 4.32. The molecule has 0 aliphatic carbocycles. The average molecular weight is 406 g/mol. The van der Waals surface area contributed by atoms with Gasteiger partial charge in [-0.2, -0.15) is 0 Å². The molecule has 0 bridgehead atoms. The monoisotopic (exact) mass is 406 g/mol. The summed E-state index contributed by atoms with van der Waals surface area (Å²) in [6.45, 7) is 5.73.